The Morgan fingerprint density at radius 3 is 2.62 bits per heavy atom. The summed E-state index contributed by atoms with van der Waals surface area (Å²) in [5.74, 6) is 2.43. The SMILES string of the molecule is COc1ccc2c(c1)[C@]1(C[C@H]1c1ccc(/C(N)=N/c3nc(C4CC4)nc(N4CCS(=O)(=O)CC4)c3Cl)c(N)c1)C(=O)N2. The second-order valence-electron chi connectivity index (χ2n) is 11.4. The number of carbonyl (C=O) groups excluding carboxylic acids is 1. The monoisotopic (exact) mass is 607 g/mol. The maximum Gasteiger partial charge on any atom is 0.235 e. The molecule has 7 rings (SSSR count). The number of amidine groups is 1. The molecule has 2 atom stereocenters. The summed E-state index contributed by atoms with van der Waals surface area (Å²) in [7, 11) is -1.46. The van der Waals surface area contributed by atoms with E-state index in [4.69, 9.17) is 27.8 Å². The molecule has 1 aromatic heterocycles. The van der Waals surface area contributed by atoms with E-state index >= 15 is 0 Å². The zero-order valence-electron chi connectivity index (χ0n) is 22.9. The van der Waals surface area contributed by atoms with Crippen molar-refractivity contribution in [3.05, 3.63) is 63.9 Å². The Morgan fingerprint density at radius 2 is 1.93 bits per heavy atom. The van der Waals surface area contributed by atoms with Crippen LogP contribution < -0.4 is 26.4 Å². The predicted molar refractivity (Wildman–Crippen MR) is 162 cm³/mol. The molecule has 0 radical (unpaired) electrons. The Bertz CT molecular complexity index is 1780. The molecule has 4 aliphatic rings. The summed E-state index contributed by atoms with van der Waals surface area (Å²) in [6.07, 6.45) is 2.61. The predicted octanol–water partition coefficient (Wildman–Crippen LogP) is 3.25. The summed E-state index contributed by atoms with van der Waals surface area (Å²) >= 11 is 6.75. The smallest absolute Gasteiger partial charge is 0.235 e. The number of benzene rings is 2. The summed E-state index contributed by atoms with van der Waals surface area (Å²) in [6.45, 7) is 0.600. The van der Waals surface area contributed by atoms with Gasteiger partial charge in [0.2, 0.25) is 5.91 Å². The Hall–Kier alpha value is -3.90. The first-order valence-corrected chi connectivity index (χ1v) is 16.1. The number of hydrogen-bond donors (Lipinski definition) is 3. The largest absolute Gasteiger partial charge is 0.497 e. The van der Waals surface area contributed by atoms with E-state index in [0.29, 0.717) is 48.2 Å². The zero-order chi connectivity index (χ0) is 29.4. The molecular formula is C29H30ClN7O4S. The summed E-state index contributed by atoms with van der Waals surface area (Å²) in [5, 5.41) is 3.22. The van der Waals surface area contributed by atoms with E-state index in [-0.39, 0.29) is 45.9 Å². The average Bonchev–Trinajstić information content (AvgIpc) is 3.88. The number of ether oxygens (including phenoxy) is 1. The van der Waals surface area contributed by atoms with E-state index in [1.54, 1.807) is 7.11 Å². The standard InChI is InChI=1S/C29H30ClN7O4S/c1-41-17-5-7-22-19(13-17)29(28(38)33-22)14-20(29)16-4-6-18(21(31)12-16)24(32)34-26-23(30)27(36-25(35-26)15-2-3-15)37-8-10-42(39,40)11-9-37/h4-7,12-13,15,20H,2-3,8-11,14,31H2,1H3,(H,33,38)(H2,32,34,35,36)/t20-,29-/m0/s1. The number of amides is 1. The molecule has 5 N–H and O–H groups in total. The number of carbonyl (C=O) groups is 1. The van der Waals surface area contributed by atoms with Gasteiger partial charge < -0.3 is 26.4 Å². The van der Waals surface area contributed by atoms with Crippen molar-refractivity contribution in [2.24, 2.45) is 10.7 Å². The number of sulfone groups is 1. The van der Waals surface area contributed by atoms with Gasteiger partial charge in [-0.1, -0.05) is 17.7 Å². The van der Waals surface area contributed by atoms with Gasteiger partial charge in [-0.3, -0.25) is 4.79 Å². The number of nitrogens with one attached hydrogen (secondary N) is 1. The summed E-state index contributed by atoms with van der Waals surface area (Å²) in [6, 6.07) is 11.2. The van der Waals surface area contributed by atoms with Crippen molar-refractivity contribution in [2.45, 2.75) is 36.5 Å². The maximum atomic E-state index is 13.1. The Morgan fingerprint density at radius 1 is 1.17 bits per heavy atom. The van der Waals surface area contributed by atoms with E-state index in [1.807, 2.05) is 41.3 Å². The topological polar surface area (TPSA) is 166 Å². The molecule has 42 heavy (non-hydrogen) atoms. The fourth-order valence-corrected chi connectivity index (χ4v) is 7.52. The lowest BCUT2D eigenvalue weighted by molar-refractivity contribution is -0.118. The molecule has 2 aliphatic carbocycles. The number of rotatable bonds is 6. The fraction of sp³-hybridized carbons (Fsp3) is 0.379. The van der Waals surface area contributed by atoms with Gasteiger partial charge in [0, 0.05) is 41.9 Å². The van der Waals surface area contributed by atoms with Gasteiger partial charge >= 0.3 is 0 Å². The molecule has 3 fully saturated rings. The van der Waals surface area contributed by atoms with Crippen LogP contribution in [-0.2, 0) is 20.0 Å². The molecule has 1 spiro atoms. The van der Waals surface area contributed by atoms with Crippen LogP contribution in [-0.4, -0.2) is 61.8 Å². The van der Waals surface area contributed by atoms with Crippen molar-refractivity contribution in [3.8, 4) is 5.75 Å². The number of anilines is 3. The van der Waals surface area contributed by atoms with Gasteiger partial charge in [-0.05, 0) is 60.7 Å². The first kappa shape index (κ1) is 27.0. The summed E-state index contributed by atoms with van der Waals surface area (Å²) in [4.78, 5) is 28.8. The minimum absolute atomic E-state index is 0.0218. The molecule has 1 amide bonds. The van der Waals surface area contributed by atoms with Crippen LogP contribution in [0.15, 0.2) is 41.4 Å². The second kappa shape index (κ2) is 9.56. The number of nitrogen functional groups attached to an aromatic ring is 1. The van der Waals surface area contributed by atoms with Crippen LogP contribution in [0.4, 0.5) is 23.0 Å². The highest BCUT2D eigenvalue weighted by atomic mass is 35.5. The molecule has 3 aromatic rings. The molecule has 1 saturated heterocycles. The van der Waals surface area contributed by atoms with E-state index in [0.717, 1.165) is 29.7 Å². The van der Waals surface area contributed by atoms with Crippen LogP contribution >= 0.6 is 11.6 Å². The number of methoxy groups -OCH3 is 1. The quantitative estimate of drug-likeness (QED) is 0.216. The normalized spacial score (nSPS) is 24.4. The van der Waals surface area contributed by atoms with Gasteiger partial charge in [-0.2, -0.15) is 0 Å². The van der Waals surface area contributed by atoms with Crippen LogP contribution in [0.5, 0.6) is 5.75 Å². The first-order valence-electron chi connectivity index (χ1n) is 13.9. The molecule has 0 unspecified atom stereocenters. The highest BCUT2D eigenvalue weighted by molar-refractivity contribution is 7.91. The molecule has 3 heterocycles. The van der Waals surface area contributed by atoms with Crippen LogP contribution in [0.3, 0.4) is 0 Å². The van der Waals surface area contributed by atoms with E-state index in [2.05, 4.69) is 20.3 Å². The van der Waals surface area contributed by atoms with Crippen molar-refractivity contribution in [1.29, 1.82) is 0 Å². The molecular weight excluding hydrogens is 578 g/mol. The van der Waals surface area contributed by atoms with Crippen molar-refractivity contribution < 1.29 is 17.9 Å². The van der Waals surface area contributed by atoms with Gasteiger partial charge in [0.25, 0.3) is 0 Å². The number of aromatic nitrogens is 2. The summed E-state index contributed by atoms with van der Waals surface area (Å²) in [5.41, 5.74) is 15.9. The van der Waals surface area contributed by atoms with Gasteiger partial charge in [0.05, 0.1) is 24.0 Å². The third-order valence-corrected chi connectivity index (χ3v) is 10.7. The lowest BCUT2D eigenvalue weighted by Crippen LogP contribution is -2.41. The minimum atomic E-state index is -3.07. The number of nitrogens with two attached hydrogens (primary N) is 2. The van der Waals surface area contributed by atoms with E-state index in [9.17, 15) is 13.2 Å². The minimum Gasteiger partial charge on any atom is -0.497 e. The second-order valence-corrected chi connectivity index (χ2v) is 14.1. The third-order valence-electron chi connectivity index (χ3n) is 8.72. The molecule has 218 valence electrons. The van der Waals surface area contributed by atoms with Crippen molar-refractivity contribution in [2.75, 3.05) is 47.7 Å². The maximum absolute atomic E-state index is 13.1. The lowest BCUT2D eigenvalue weighted by Gasteiger charge is -2.28. The van der Waals surface area contributed by atoms with Crippen molar-refractivity contribution >= 4 is 56.2 Å². The van der Waals surface area contributed by atoms with Crippen LogP contribution in [0.1, 0.15) is 53.6 Å². The molecule has 11 nitrogen and oxygen atoms in total. The number of aliphatic imine (C=N–C) groups is 1. The molecule has 13 heteroatoms. The molecule has 2 aliphatic heterocycles. The summed E-state index contributed by atoms with van der Waals surface area (Å²) < 4.78 is 29.3. The Balaban J connectivity index is 1.18. The molecule has 2 aromatic carbocycles. The van der Waals surface area contributed by atoms with E-state index < -0.39 is 15.3 Å². The van der Waals surface area contributed by atoms with Gasteiger partial charge in [0.1, 0.15) is 22.4 Å². The lowest BCUT2D eigenvalue weighted by atomic mass is 9.91. The van der Waals surface area contributed by atoms with Crippen LogP contribution in [0, 0.1) is 0 Å². The van der Waals surface area contributed by atoms with Crippen LogP contribution in [0.2, 0.25) is 5.02 Å². The van der Waals surface area contributed by atoms with Crippen LogP contribution in [0.25, 0.3) is 0 Å². The number of hydrogen-bond acceptors (Lipinski definition) is 9. The first-order chi connectivity index (χ1) is 20.1. The number of fused-ring (bicyclic) bond motifs is 2. The third kappa shape index (κ3) is 4.44. The van der Waals surface area contributed by atoms with Gasteiger partial charge in [0.15, 0.2) is 21.5 Å². The zero-order valence-corrected chi connectivity index (χ0v) is 24.5. The van der Waals surface area contributed by atoms with E-state index in [1.165, 1.54) is 0 Å². The number of nitrogens with zero attached hydrogens (tertiary/aromatic N) is 4. The highest BCUT2D eigenvalue weighted by Crippen LogP contribution is 2.65. The fourth-order valence-electron chi connectivity index (χ4n) is 6.08. The number of halogens is 1. The van der Waals surface area contributed by atoms with Gasteiger partial charge in [-0.15, -0.1) is 0 Å². The molecule has 0 bridgehead atoms. The highest BCUT2D eigenvalue weighted by Gasteiger charge is 2.65. The van der Waals surface area contributed by atoms with Gasteiger partial charge in [-0.25, -0.2) is 23.4 Å². The van der Waals surface area contributed by atoms with Crippen molar-refractivity contribution in [3.63, 3.8) is 0 Å². The average molecular weight is 608 g/mol. The Labute approximate surface area is 248 Å². The molecule has 2 saturated carbocycles. The Kier molecular flexibility index (Phi) is 6.14. The van der Waals surface area contributed by atoms with Crippen molar-refractivity contribution in [1.82, 2.24) is 9.97 Å².